The van der Waals surface area contributed by atoms with Gasteiger partial charge in [0, 0.05) is 9.92 Å². The van der Waals surface area contributed by atoms with Crippen molar-refractivity contribution in [2.45, 2.75) is 48.1 Å². The van der Waals surface area contributed by atoms with Crippen molar-refractivity contribution in [2.24, 2.45) is 0 Å². The zero-order chi connectivity index (χ0) is 21.0. The number of hydrogen-bond acceptors (Lipinski definition) is 7. The normalized spacial score (nSPS) is 27.0. The van der Waals surface area contributed by atoms with E-state index >= 15 is 0 Å². The highest BCUT2D eigenvalue weighted by molar-refractivity contribution is 7.99. The van der Waals surface area contributed by atoms with Gasteiger partial charge in [0.25, 0.3) is 0 Å². The highest BCUT2D eigenvalue weighted by Crippen LogP contribution is 2.35. The van der Waals surface area contributed by atoms with Crippen LogP contribution in [0.2, 0.25) is 5.02 Å². The Morgan fingerprint density at radius 3 is 2.41 bits per heavy atom. The second kappa shape index (κ2) is 10.1. The summed E-state index contributed by atoms with van der Waals surface area (Å²) in [5.41, 5.74) is 1.15. The fourth-order valence-corrected chi connectivity index (χ4v) is 4.46. The Labute approximate surface area is 179 Å². The van der Waals surface area contributed by atoms with E-state index in [0.717, 1.165) is 21.8 Å². The van der Waals surface area contributed by atoms with Crippen LogP contribution in [0.1, 0.15) is 18.1 Å². The number of hydrogen-bond donors (Lipinski definition) is 4. The molecule has 2 aromatic rings. The second-order valence-corrected chi connectivity index (χ2v) is 8.40. The Hall–Kier alpha value is -1.32. The van der Waals surface area contributed by atoms with Crippen molar-refractivity contribution < 1.29 is 29.9 Å². The minimum Gasteiger partial charge on any atom is -0.494 e. The number of aliphatic hydroxyl groups excluding tert-OH is 4. The SMILES string of the molecule is CCOc1ccc(Cc2cc(S[C@@H]3O[C@H](CO)[C@@H](O)[C@H](O)[C@H]3O)ccc2Cl)cc1. The maximum absolute atomic E-state index is 10.2. The number of rotatable bonds is 7. The zero-order valence-corrected chi connectivity index (χ0v) is 17.5. The molecule has 0 bridgehead atoms. The summed E-state index contributed by atoms with van der Waals surface area (Å²) in [7, 11) is 0. The molecule has 1 saturated heterocycles. The highest BCUT2D eigenvalue weighted by Gasteiger charge is 2.43. The van der Waals surface area contributed by atoms with Gasteiger partial charge in [0.2, 0.25) is 0 Å². The summed E-state index contributed by atoms with van der Waals surface area (Å²) < 4.78 is 11.0. The molecule has 3 rings (SSSR count). The fourth-order valence-electron chi connectivity index (χ4n) is 3.15. The van der Waals surface area contributed by atoms with E-state index in [9.17, 15) is 20.4 Å². The summed E-state index contributed by atoms with van der Waals surface area (Å²) in [6, 6.07) is 13.3. The molecule has 1 aliphatic rings. The maximum atomic E-state index is 10.2. The molecule has 6 nitrogen and oxygen atoms in total. The molecule has 29 heavy (non-hydrogen) atoms. The molecule has 158 valence electrons. The van der Waals surface area contributed by atoms with Crippen molar-refractivity contribution in [1.82, 2.24) is 0 Å². The van der Waals surface area contributed by atoms with Crippen LogP contribution in [0.15, 0.2) is 47.4 Å². The van der Waals surface area contributed by atoms with Gasteiger partial charge < -0.3 is 29.9 Å². The summed E-state index contributed by atoms with van der Waals surface area (Å²) in [5.74, 6) is 0.814. The molecule has 0 aliphatic carbocycles. The van der Waals surface area contributed by atoms with Gasteiger partial charge in [-0.2, -0.15) is 0 Å². The van der Waals surface area contributed by atoms with Crippen LogP contribution in [-0.4, -0.2) is 63.5 Å². The number of thioether (sulfide) groups is 1. The Balaban J connectivity index is 1.73. The first-order valence-corrected chi connectivity index (χ1v) is 10.7. The summed E-state index contributed by atoms with van der Waals surface area (Å²) in [4.78, 5) is 0.791. The molecule has 1 fully saturated rings. The van der Waals surface area contributed by atoms with Gasteiger partial charge in [-0.15, -0.1) is 0 Å². The molecular formula is C21H25ClO6S. The summed E-state index contributed by atoms with van der Waals surface area (Å²) in [6.07, 6.45) is -4.36. The second-order valence-electron chi connectivity index (χ2n) is 6.82. The van der Waals surface area contributed by atoms with Crippen molar-refractivity contribution >= 4 is 23.4 Å². The number of benzene rings is 2. The Bertz CT molecular complexity index is 800. The van der Waals surface area contributed by atoms with Gasteiger partial charge >= 0.3 is 0 Å². The predicted molar refractivity (Wildman–Crippen MR) is 111 cm³/mol. The van der Waals surface area contributed by atoms with Gasteiger partial charge in [0.15, 0.2) is 0 Å². The lowest BCUT2D eigenvalue weighted by Crippen LogP contribution is -2.57. The molecule has 4 N–H and O–H groups in total. The van der Waals surface area contributed by atoms with Crippen LogP contribution in [0.25, 0.3) is 0 Å². The molecule has 1 heterocycles. The Morgan fingerprint density at radius 1 is 1.03 bits per heavy atom. The lowest BCUT2D eigenvalue weighted by Gasteiger charge is -2.39. The van der Waals surface area contributed by atoms with Gasteiger partial charge in [-0.3, -0.25) is 0 Å². The number of ether oxygens (including phenoxy) is 2. The smallest absolute Gasteiger partial charge is 0.136 e. The van der Waals surface area contributed by atoms with E-state index in [1.807, 2.05) is 37.3 Å². The molecule has 8 heteroatoms. The van der Waals surface area contributed by atoms with Crippen molar-refractivity contribution in [3.8, 4) is 5.75 Å². The van der Waals surface area contributed by atoms with Crippen LogP contribution in [0, 0.1) is 0 Å². The third-order valence-electron chi connectivity index (χ3n) is 4.75. The fraction of sp³-hybridized carbons (Fsp3) is 0.429. The van der Waals surface area contributed by atoms with Crippen LogP contribution >= 0.6 is 23.4 Å². The first-order chi connectivity index (χ1) is 13.9. The third-order valence-corrected chi connectivity index (χ3v) is 6.26. The molecule has 0 aromatic heterocycles. The largest absolute Gasteiger partial charge is 0.494 e. The summed E-state index contributed by atoms with van der Waals surface area (Å²) in [5, 5.41) is 40.1. The molecule has 0 amide bonds. The quantitative estimate of drug-likeness (QED) is 0.524. The predicted octanol–water partition coefficient (Wildman–Crippen LogP) is 2.22. The summed E-state index contributed by atoms with van der Waals surface area (Å²) in [6.45, 7) is 2.10. The molecule has 0 unspecified atom stereocenters. The molecule has 0 spiro atoms. The first kappa shape index (κ1) is 22.4. The lowest BCUT2D eigenvalue weighted by molar-refractivity contribution is -0.205. The molecular weight excluding hydrogens is 416 g/mol. The molecule has 0 saturated carbocycles. The zero-order valence-electron chi connectivity index (χ0n) is 15.9. The molecule has 1 aliphatic heterocycles. The standard InChI is InChI=1S/C21H25ClO6S/c1-2-27-14-5-3-12(4-6-14)9-13-10-15(7-8-16(13)22)29-21-20(26)19(25)18(24)17(11-23)28-21/h3-8,10,17-21,23-26H,2,9,11H2,1H3/t17-,18-,19+,20-,21+/m1/s1. The average molecular weight is 441 g/mol. The topological polar surface area (TPSA) is 99.4 Å². The van der Waals surface area contributed by atoms with Crippen LogP contribution in [0.5, 0.6) is 5.75 Å². The molecule has 5 atom stereocenters. The van der Waals surface area contributed by atoms with E-state index in [1.165, 1.54) is 11.8 Å². The van der Waals surface area contributed by atoms with E-state index < -0.39 is 36.5 Å². The molecule has 0 radical (unpaired) electrons. The number of halogens is 1. The monoisotopic (exact) mass is 440 g/mol. The van der Waals surface area contributed by atoms with E-state index in [-0.39, 0.29) is 0 Å². The van der Waals surface area contributed by atoms with E-state index in [2.05, 4.69) is 0 Å². The van der Waals surface area contributed by atoms with Crippen molar-refractivity contribution in [2.75, 3.05) is 13.2 Å². The highest BCUT2D eigenvalue weighted by atomic mass is 35.5. The van der Waals surface area contributed by atoms with Crippen LogP contribution in [0.3, 0.4) is 0 Å². The molecule has 2 aromatic carbocycles. The van der Waals surface area contributed by atoms with E-state index in [4.69, 9.17) is 21.1 Å². The Morgan fingerprint density at radius 2 is 1.76 bits per heavy atom. The van der Waals surface area contributed by atoms with Gasteiger partial charge in [-0.05, 0) is 54.8 Å². The first-order valence-electron chi connectivity index (χ1n) is 9.40. The van der Waals surface area contributed by atoms with Crippen molar-refractivity contribution in [3.63, 3.8) is 0 Å². The van der Waals surface area contributed by atoms with Gasteiger partial charge in [0.05, 0.1) is 13.2 Å². The average Bonchev–Trinajstić information content (AvgIpc) is 2.72. The minimum absolute atomic E-state index is 0.453. The van der Waals surface area contributed by atoms with Crippen LogP contribution < -0.4 is 4.74 Å². The van der Waals surface area contributed by atoms with Crippen LogP contribution in [0.4, 0.5) is 0 Å². The van der Waals surface area contributed by atoms with Gasteiger partial charge in [0.1, 0.15) is 35.6 Å². The van der Waals surface area contributed by atoms with E-state index in [0.29, 0.717) is 18.1 Å². The number of aliphatic hydroxyl groups is 4. The Kier molecular flexibility index (Phi) is 7.81. The van der Waals surface area contributed by atoms with Crippen LogP contribution in [-0.2, 0) is 11.2 Å². The maximum Gasteiger partial charge on any atom is 0.136 e. The van der Waals surface area contributed by atoms with Gasteiger partial charge in [-0.25, -0.2) is 0 Å². The minimum atomic E-state index is -1.39. The van der Waals surface area contributed by atoms with Crippen molar-refractivity contribution in [1.29, 1.82) is 0 Å². The van der Waals surface area contributed by atoms with Gasteiger partial charge in [-0.1, -0.05) is 35.5 Å². The van der Waals surface area contributed by atoms with E-state index in [1.54, 1.807) is 12.1 Å². The third kappa shape index (κ3) is 5.44. The lowest BCUT2D eigenvalue weighted by atomic mass is 10.0. The summed E-state index contributed by atoms with van der Waals surface area (Å²) >= 11 is 7.57. The van der Waals surface area contributed by atoms with Crippen molar-refractivity contribution in [3.05, 3.63) is 58.6 Å².